The van der Waals surface area contributed by atoms with Crippen LogP contribution in [-0.2, 0) is 9.53 Å². The lowest BCUT2D eigenvalue weighted by atomic mass is 9.93. The number of rotatable bonds is 4. The van der Waals surface area contributed by atoms with E-state index in [9.17, 15) is 4.79 Å². The normalized spacial score (nSPS) is 26.2. The minimum absolute atomic E-state index is 0.0551. The maximum atomic E-state index is 12.6. The number of thiocarbonyl (C=S) groups is 1. The van der Waals surface area contributed by atoms with Crippen molar-refractivity contribution in [3.63, 3.8) is 0 Å². The maximum Gasteiger partial charge on any atom is 0.233 e. The summed E-state index contributed by atoms with van der Waals surface area (Å²) in [7, 11) is 0. The fraction of sp³-hybridized carbons (Fsp3) is 0.846. The van der Waals surface area contributed by atoms with Gasteiger partial charge in [-0.15, -0.1) is 0 Å². The standard InChI is InChI=1S/C13H24N2O2S/c1-5-10-7-17-9(4)6-15(10)13(16)11(8(2)3)12(14)18/h8-11H,5-7H2,1-4H3,(H2,14,18). The third-order valence-electron chi connectivity index (χ3n) is 3.46. The van der Waals surface area contributed by atoms with Crippen LogP contribution in [-0.4, -0.2) is 41.1 Å². The van der Waals surface area contributed by atoms with Gasteiger partial charge in [-0.3, -0.25) is 4.79 Å². The van der Waals surface area contributed by atoms with E-state index in [0.717, 1.165) is 6.42 Å². The Bertz CT molecular complexity index is 320. The molecule has 104 valence electrons. The zero-order valence-electron chi connectivity index (χ0n) is 11.7. The molecule has 2 N–H and O–H groups in total. The summed E-state index contributed by atoms with van der Waals surface area (Å²) < 4.78 is 5.60. The lowest BCUT2D eigenvalue weighted by Crippen LogP contribution is -2.55. The highest BCUT2D eigenvalue weighted by Crippen LogP contribution is 2.21. The summed E-state index contributed by atoms with van der Waals surface area (Å²) >= 11 is 5.04. The zero-order valence-corrected chi connectivity index (χ0v) is 12.5. The Morgan fingerprint density at radius 2 is 2.17 bits per heavy atom. The first-order valence-electron chi connectivity index (χ1n) is 6.59. The molecule has 0 aromatic carbocycles. The lowest BCUT2D eigenvalue weighted by Gasteiger charge is -2.40. The molecule has 0 aromatic heterocycles. The van der Waals surface area contributed by atoms with Crippen LogP contribution in [0.25, 0.3) is 0 Å². The molecule has 0 saturated carbocycles. The van der Waals surface area contributed by atoms with Gasteiger partial charge in [0.05, 0.1) is 29.7 Å². The van der Waals surface area contributed by atoms with E-state index in [2.05, 4.69) is 6.92 Å². The molecule has 1 aliphatic heterocycles. The van der Waals surface area contributed by atoms with Crippen LogP contribution in [0.5, 0.6) is 0 Å². The smallest absolute Gasteiger partial charge is 0.233 e. The van der Waals surface area contributed by atoms with Gasteiger partial charge in [-0.25, -0.2) is 0 Å². The highest BCUT2D eigenvalue weighted by molar-refractivity contribution is 7.80. The average Bonchev–Trinajstić information content (AvgIpc) is 2.27. The highest BCUT2D eigenvalue weighted by Gasteiger charge is 2.35. The second-order valence-electron chi connectivity index (χ2n) is 5.32. The number of nitrogens with two attached hydrogens (primary N) is 1. The third-order valence-corrected chi connectivity index (χ3v) is 3.72. The quantitative estimate of drug-likeness (QED) is 0.789. The molecule has 0 aromatic rings. The van der Waals surface area contributed by atoms with Crippen LogP contribution in [0, 0.1) is 11.8 Å². The van der Waals surface area contributed by atoms with Crippen molar-refractivity contribution >= 4 is 23.1 Å². The van der Waals surface area contributed by atoms with Crippen molar-refractivity contribution in [3.8, 4) is 0 Å². The summed E-state index contributed by atoms with van der Waals surface area (Å²) in [5.41, 5.74) is 5.72. The van der Waals surface area contributed by atoms with E-state index in [0.29, 0.717) is 18.1 Å². The molecule has 0 aliphatic carbocycles. The van der Waals surface area contributed by atoms with Gasteiger partial charge < -0.3 is 15.4 Å². The van der Waals surface area contributed by atoms with E-state index in [4.69, 9.17) is 22.7 Å². The molecule has 18 heavy (non-hydrogen) atoms. The van der Waals surface area contributed by atoms with Crippen molar-refractivity contribution in [2.75, 3.05) is 13.2 Å². The second-order valence-corrected chi connectivity index (χ2v) is 5.79. The summed E-state index contributed by atoms with van der Waals surface area (Å²) in [6.45, 7) is 9.24. The molecule has 5 heteroatoms. The Morgan fingerprint density at radius 3 is 2.61 bits per heavy atom. The van der Waals surface area contributed by atoms with Crippen molar-refractivity contribution in [1.82, 2.24) is 4.90 Å². The molecule has 3 atom stereocenters. The second kappa shape index (κ2) is 6.48. The van der Waals surface area contributed by atoms with Gasteiger partial charge in [-0.05, 0) is 19.3 Å². The third kappa shape index (κ3) is 3.42. The zero-order chi connectivity index (χ0) is 13.9. The van der Waals surface area contributed by atoms with E-state index in [1.54, 1.807) is 0 Å². The molecule has 1 rings (SSSR count). The van der Waals surface area contributed by atoms with Crippen molar-refractivity contribution in [1.29, 1.82) is 0 Å². The van der Waals surface area contributed by atoms with Gasteiger partial charge in [0.25, 0.3) is 0 Å². The van der Waals surface area contributed by atoms with Crippen molar-refractivity contribution in [2.24, 2.45) is 17.6 Å². The number of hydrogen-bond donors (Lipinski definition) is 1. The Kier molecular flexibility index (Phi) is 5.53. The van der Waals surface area contributed by atoms with Gasteiger partial charge in [0.1, 0.15) is 0 Å². The molecule has 0 bridgehead atoms. The summed E-state index contributed by atoms with van der Waals surface area (Å²) in [4.78, 5) is 14.8. The number of hydrogen-bond acceptors (Lipinski definition) is 3. The van der Waals surface area contributed by atoms with Gasteiger partial charge in [-0.1, -0.05) is 33.0 Å². The van der Waals surface area contributed by atoms with E-state index in [1.165, 1.54) is 0 Å². The predicted molar refractivity (Wildman–Crippen MR) is 76.3 cm³/mol. The van der Waals surface area contributed by atoms with Crippen molar-refractivity contribution in [2.45, 2.75) is 46.3 Å². The van der Waals surface area contributed by atoms with Crippen LogP contribution in [0.1, 0.15) is 34.1 Å². The van der Waals surface area contributed by atoms with E-state index in [-0.39, 0.29) is 29.9 Å². The molecule has 1 fully saturated rings. The molecule has 1 saturated heterocycles. The van der Waals surface area contributed by atoms with Crippen molar-refractivity contribution < 1.29 is 9.53 Å². The van der Waals surface area contributed by atoms with Crippen LogP contribution >= 0.6 is 12.2 Å². The van der Waals surface area contributed by atoms with Gasteiger partial charge in [0, 0.05) is 6.54 Å². The maximum absolute atomic E-state index is 12.6. The first-order valence-corrected chi connectivity index (χ1v) is 7.00. The number of amides is 1. The highest BCUT2D eigenvalue weighted by atomic mass is 32.1. The first kappa shape index (κ1) is 15.4. The summed E-state index contributed by atoms with van der Waals surface area (Å²) in [6, 6.07) is 0.143. The summed E-state index contributed by atoms with van der Waals surface area (Å²) in [5, 5.41) is 0. The summed E-state index contributed by atoms with van der Waals surface area (Å²) in [6.07, 6.45) is 0.969. The Labute approximate surface area is 115 Å². The Balaban J connectivity index is 2.87. The minimum Gasteiger partial charge on any atom is -0.393 e. The Hall–Kier alpha value is -0.680. The van der Waals surface area contributed by atoms with Crippen LogP contribution in [0.4, 0.5) is 0 Å². The van der Waals surface area contributed by atoms with E-state index >= 15 is 0 Å². The molecule has 4 nitrogen and oxygen atoms in total. The molecule has 1 heterocycles. The molecule has 1 aliphatic rings. The molecule has 1 amide bonds. The van der Waals surface area contributed by atoms with Gasteiger partial charge in [-0.2, -0.15) is 0 Å². The topological polar surface area (TPSA) is 55.6 Å². The van der Waals surface area contributed by atoms with E-state index < -0.39 is 0 Å². The SMILES string of the molecule is CCC1COC(C)CN1C(=O)C(C(N)=S)C(C)C. The van der Waals surface area contributed by atoms with Gasteiger partial charge in [0.2, 0.25) is 5.91 Å². The Morgan fingerprint density at radius 1 is 1.56 bits per heavy atom. The van der Waals surface area contributed by atoms with E-state index in [1.807, 2.05) is 25.7 Å². The monoisotopic (exact) mass is 272 g/mol. The number of carbonyl (C=O) groups excluding carboxylic acids is 1. The molecule has 0 spiro atoms. The average molecular weight is 272 g/mol. The van der Waals surface area contributed by atoms with Crippen LogP contribution < -0.4 is 5.73 Å². The predicted octanol–water partition coefficient (Wildman–Crippen LogP) is 1.57. The lowest BCUT2D eigenvalue weighted by molar-refractivity contribution is -0.147. The van der Waals surface area contributed by atoms with Crippen LogP contribution in [0.2, 0.25) is 0 Å². The molecule has 3 unspecified atom stereocenters. The minimum atomic E-state index is -0.362. The fourth-order valence-corrected chi connectivity index (χ4v) is 2.74. The number of morpholine rings is 1. The number of carbonyl (C=O) groups is 1. The fourth-order valence-electron chi connectivity index (χ4n) is 2.37. The summed E-state index contributed by atoms with van der Waals surface area (Å²) in [5.74, 6) is -0.176. The number of ether oxygens (including phenoxy) is 1. The van der Waals surface area contributed by atoms with Gasteiger partial charge >= 0.3 is 0 Å². The van der Waals surface area contributed by atoms with Gasteiger partial charge in [0.15, 0.2) is 0 Å². The van der Waals surface area contributed by atoms with Crippen LogP contribution in [0.15, 0.2) is 0 Å². The largest absolute Gasteiger partial charge is 0.393 e. The molecule has 0 radical (unpaired) electrons. The first-order chi connectivity index (χ1) is 8.38. The van der Waals surface area contributed by atoms with Crippen molar-refractivity contribution in [3.05, 3.63) is 0 Å². The molecular formula is C13H24N2O2S. The number of nitrogens with zero attached hydrogens (tertiary/aromatic N) is 1. The van der Waals surface area contributed by atoms with Crippen LogP contribution in [0.3, 0.4) is 0 Å². The molecular weight excluding hydrogens is 248 g/mol.